The van der Waals surface area contributed by atoms with E-state index in [1.165, 1.54) is 31.2 Å². The number of halogens is 4. The van der Waals surface area contributed by atoms with Crippen molar-refractivity contribution in [1.29, 1.82) is 0 Å². The Morgan fingerprint density at radius 1 is 1.18 bits per heavy atom. The molecule has 0 saturated heterocycles. The number of alkyl halides is 4. The molecule has 0 bridgehead atoms. The lowest BCUT2D eigenvalue weighted by Gasteiger charge is -2.19. The van der Waals surface area contributed by atoms with Crippen LogP contribution in [0.5, 0.6) is 5.75 Å². The van der Waals surface area contributed by atoms with E-state index in [0.717, 1.165) is 12.1 Å². The minimum Gasteiger partial charge on any atom is -0.545 e. The molecular weight excluding hydrogens is 527 g/mol. The Balaban J connectivity index is 2.45. The maximum absolute atomic E-state index is 13.2. The predicted octanol–water partition coefficient (Wildman–Crippen LogP) is 4.37. The molecule has 6 nitrogen and oxygen atoms in total. The Bertz CT molecular complexity index is 1340. The highest BCUT2D eigenvalue weighted by Crippen LogP contribution is 2.38. The highest BCUT2D eigenvalue weighted by molar-refractivity contribution is 9.08. The molecule has 3 aromatic rings. The first-order valence-corrected chi connectivity index (χ1v) is 12.5. The first-order valence-electron chi connectivity index (χ1n) is 9.75. The van der Waals surface area contributed by atoms with Crippen LogP contribution in [0.4, 0.5) is 13.2 Å². The molecule has 0 radical (unpaired) electrons. The number of rotatable bonds is 7. The molecule has 33 heavy (non-hydrogen) atoms. The van der Waals surface area contributed by atoms with Gasteiger partial charge < -0.3 is 14.6 Å². The molecule has 11 heteroatoms. The Morgan fingerprint density at radius 2 is 1.88 bits per heavy atom. The summed E-state index contributed by atoms with van der Waals surface area (Å²) in [5.74, 6) is -1.89. The molecule has 3 rings (SSSR count). The van der Waals surface area contributed by atoms with Gasteiger partial charge in [-0.1, -0.05) is 35.0 Å². The van der Waals surface area contributed by atoms with Gasteiger partial charge in [0, 0.05) is 27.9 Å². The number of benzene rings is 2. The largest absolute Gasteiger partial charge is 0.545 e. The van der Waals surface area contributed by atoms with Crippen molar-refractivity contribution in [3.8, 4) is 17.0 Å². The van der Waals surface area contributed by atoms with Crippen LogP contribution >= 0.6 is 15.9 Å². The summed E-state index contributed by atoms with van der Waals surface area (Å²) < 4.78 is 70.4. The normalized spacial score (nSPS) is 12.2. The summed E-state index contributed by atoms with van der Waals surface area (Å²) in [7, 11) is -3.79. The molecule has 0 atom stereocenters. The molecule has 0 aliphatic rings. The number of ether oxygens (including phenoxy) is 1. The van der Waals surface area contributed by atoms with Crippen LogP contribution in [0.1, 0.15) is 35.3 Å². The van der Waals surface area contributed by atoms with Gasteiger partial charge in [0.05, 0.1) is 35.1 Å². The standard InChI is InChI=1S/C22H19BrF3NO5S/c1-3-32-17-10-16-14(9-18(17)33(30,31)4-2)19(21(28)29)15(11-23)20(27-16)12-6-5-7-13(8-12)22(24,25)26/h5-10H,3-4,11H2,1-2H3,(H,28,29)/p-1. The molecular formula is C22H18BrF3NO5S-. The van der Waals surface area contributed by atoms with E-state index in [1.807, 2.05) is 0 Å². The van der Waals surface area contributed by atoms with Gasteiger partial charge in [-0.2, -0.15) is 13.2 Å². The maximum Gasteiger partial charge on any atom is 0.416 e. The first kappa shape index (κ1) is 25.0. The van der Waals surface area contributed by atoms with Crippen molar-refractivity contribution >= 4 is 42.6 Å². The van der Waals surface area contributed by atoms with Crippen molar-refractivity contribution in [1.82, 2.24) is 4.98 Å². The fraction of sp³-hybridized carbons (Fsp3) is 0.273. The summed E-state index contributed by atoms with van der Waals surface area (Å²) in [5, 5.41) is 12.0. The Hall–Kier alpha value is -2.66. The second-order valence-corrected chi connectivity index (χ2v) is 9.77. The summed E-state index contributed by atoms with van der Waals surface area (Å²) in [6.45, 7) is 3.22. The average Bonchev–Trinajstić information content (AvgIpc) is 2.76. The number of fused-ring (bicyclic) bond motifs is 1. The van der Waals surface area contributed by atoms with Crippen LogP contribution in [0, 0.1) is 0 Å². The zero-order valence-corrected chi connectivity index (χ0v) is 19.9. The number of sulfone groups is 1. The van der Waals surface area contributed by atoms with E-state index < -0.39 is 27.5 Å². The van der Waals surface area contributed by atoms with E-state index in [0.29, 0.717) is 0 Å². The van der Waals surface area contributed by atoms with Crippen molar-refractivity contribution in [2.75, 3.05) is 12.4 Å². The second-order valence-electron chi connectivity index (χ2n) is 6.97. The van der Waals surface area contributed by atoms with E-state index in [2.05, 4.69) is 20.9 Å². The van der Waals surface area contributed by atoms with Crippen LogP contribution in [0.2, 0.25) is 0 Å². The fourth-order valence-corrected chi connectivity index (χ4v) is 5.00. The smallest absolute Gasteiger partial charge is 0.416 e. The summed E-state index contributed by atoms with van der Waals surface area (Å²) in [6, 6.07) is 6.80. The number of carbonyl (C=O) groups excluding carboxylic acids is 1. The second kappa shape index (κ2) is 9.30. The lowest BCUT2D eigenvalue weighted by atomic mass is 9.96. The summed E-state index contributed by atoms with van der Waals surface area (Å²) in [5.41, 5.74) is -1.13. The van der Waals surface area contributed by atoms with Gasteiger partial charge in [-0.15, -0.1) is 0 Å². The topological polar surface area (TPSA) is 96.4 Å². The van der Waals surface area contributed by atoms with E-state index in [9.17, 15) is 31.5 Å². The number of hydrogen-bond donors (Lipinski definition) is 0. The predicted molar refractivity (Wildman–Crippen MR) is 118 cm³/mol. The summed E-state index contributed by atoms with van der Waals surface area (Å²) in [4.78, 5) is 16.3. The molecule has 0 saturated carbocycles. The SMILES string of the molecule is CCOc1cc2nc(-c3cccc(C(F)(F)F)c3)c(CBr)c(C(=O)[O-])c2cc1S(=O)(=O)CC. The number of aromatic carboxylic acids is 1. The van der Waals surface area contributed by atoms with Gasteiger partial charge in [0.2, 0.25) is 0 Å². The third-order valence-electron chi connectivity index (χ3n) is 4.97. The quantitative estimate of drug-likeness (QED) is 0.410. The molecule has 176 valence electrons. The van der Waals surface area contributed by atoms with E-state index in [1.54, 1.807) is 6.92 Å². The third kappa shape index (κ3) is 4.84. The number of nitrogens with zero attached hydrogens (tertiary/aromatic N) is 1. The molecule has 0 amide bonds. The lowest BCUT2D eigenvalue weighted by molar-refractivity contribution is -0.254. The monoisotopic (exact) mass is 544 g/mol. The molecule has 1 aromatic heterocycles. The fourth-order valence-electron chi connectivity index (χ4n) is 3.42. The molecule has 0 aliphatic carbocycles. The van der Waals surface area contributed by atoms with Crippen LogP contribution in [0.25, 0.3) is 22.2 Å². The van der Waals surface area contributed by atoms with Crippen molar-refractivity contribution in [2.24, 2.45) is 0 Å². The first-order chi connectivity index (χ1) is 15.4. The number of carboxylic acid groups (broad SMARTS) is 1. The van der Waals surface area contributed by atoms with Crippen LogP contribution in [0.15, 0.2) is 41.3 Å². The van der Waals surface area contributed by atoms with Gasteiger partial charge in [0.1, 0.15) is 10.6 Å². The molecule has 2 aromatic carbocycles. The zero-order chi connectivity index (χ0) is 24.6. The van der Waals surface area contributed by atoms with Gasteiger partial charge in [-0.3, -0.25) is 0 Å². The number of carboxylic acids is 1. The van der Waals surface area contributed by atoms with Gasteiger partial charge in [0.25, 0.3) is 0 Å². The molecule has 0 aliphatic heterocycles. The van der Waals surface area contributed by atoms with Crippen LogP contribution < -0.4 is 9.84 Å². The third-order valence-corrected chi connectivity index (χ3v) is 7.28. The molecule has 0 unspecified atom stereocenters. The highest BCUT2D eigenvalue weighted by atomic mass is 79.9. The average molecular weight is 545 g/mol. The zero-order valence-electron chi connectivity index (χ0n) is 17.5. The van der Waals surface area contributed by atoms with Crippen LogP contribution in [0.3, 0.4) is 0 Å². The Labute approximate surface area is 196 Å². The number of pyridine rings is 1. The summed E-state index contributed by atoms with van der Waals surface area (Å²) >= 11 is 3.18. The molecule has 0 N–H and O–H groups in total. The summed E-state index contributed by atoms with van der Waals surface area (Å²) in [6.07, 6.45) is -4.61. The van der Waals surface area contributed by atoms with Crippen LogP contribution in [-0.4, -0.2) is 31.7 Å². The van der Waals surface area contributed by atoms with Crippen molar-refractivity contribution in [2.45, 2.75) is 30.2 Å². The van der Waals surface area contributed by atoms with Gasteiger partial charge >= 0.3 is 6.18 Å². The van der Waals surface area contributed by atoms with E-state index in [-0.39, 0.29) is 61.6 Å². The van der Waals surface area contributed by atoms with Crippen molar-refractivity contribution in [3.63, 3.8) is 0 Å². The molecule has 1 heterocycles. The molecule has 0 fully saturated rings. The molecule has 0 spiro atoms. The van der Waals surface area contributed by atoms with Gasteiger partial charge in [-0.25, -0.2) is 13.4 Å². The van der Waals surface area contributed by atoms with Crippen molar-refractivity contribution < 1.29 is 36.2 Å². The Kier molecular flexibility index (Phi) is 7.04. The van der Waals surface area contributed by atoms with E-state index >= 15 is 0 Å². The van der Waals surface area contributed by atoms with E-state index in [4.69, 9.17) is 4.74 Å². The highest BCUT2D eigenvalue weighted by Gasteiger charge is 2.31. The number of aromatic nitrogens is 1. The minimum absolute atomic E-state index is 0.00165. The maximum atomic E-state index is 13.2. The van der Waals surface area contributed by atoms with Crippen molar-refractivity contribution in [3.05, 3.63) is 53.1 Å². The number of carbonyl (C=O) groups is 1. The number of hydrogen-bond acceptors (Lipinski definition) is 6. The Morgan fingerprint density at radius 3 is 2.42 bits per heavy atom. The van der Waals surface area contributed by atoms with Gasteiger partial charge in [-0.05, 0) is 30.7 Å². The lowest BCUT2D eigenvalue weighted by Crippen LogP contribution is -2.25. The van der Waals surface area contributed by atoms with Gasteiger partial charge in [0.15, 0.2) is 9.84 Å². The van der Waals surface area contributed by atoms with Crippen LogP contribution in [-0.2, 0) is 21.3 Å². The minimum atomic E-state index is -4.61.